The van der Waals surface area contributed by atoms with Gasteiger partial charge in [-0.05, 0) is 48.7 Å². The van der Waals surface area contributed by atoms with Gasteiger partial charge in [0.25, 0.3) is 5.91 Å². The van der Waals surface area contributed by atoms with E-state index in [0.717, 1.165) is 17.5 Å². The van der Waals surface area contributed by atoms with Crippen molar-refractivity contribution in [2.75, 3.05) is 13.7 Å². The van der Waals surface area contributed by atoms with Gasteiger partial charge < -0.3 is 19.7 Å². The number of hydrogen-bond donors (Lipinski definition) is 1. The van der Waals surface area contributed by atoms with Crippen LogP contribution in [0, 0.1) is 0 Å². The molecule has 0 fully saturated rings. The monoisotopic (exact) mass is 474 g/mol. The van der Waals surface area contributed by atoms with Crippen molar-refractivity contribution in [1.82, 2.24) is 10.2 Å². The Morgan fingerprint density at radius 1 is 0.886 bits per heavy atom. The minimum absolute atomic E-state index is 0.00452. The third kappa shape index (κ3) is 7.88. The van der Waals surface area contributed by atoms with Crippen LogP contribution < -0.4 is 14.8 Å². The molecule has 0 unspecified atom stereocenters. The van der Waals surface area contributed by atoms with Crippen molar-refractivity contribution >= 4 is 11.8 Å². The van der Waals surface area contributed by atoms with Gasteiger partial charge in [0.2, 0.25) is 5.91 Å². The summed E-state index contributed by atoms with van der Waals surface area (Å²) in [7, 11) is 1.60. The summed E-state index contributed by atoms with van der Waals surface area (Å²) in [5, 5.41) is 3.07. The maximum absolute atomic E-state index is 13.6. The molecule has 3 rings (SSSR count). The predicted octanol–water partition coefficient (Wildman–Crippen LogP) is 4.63. The fraction of sp³-hybridized carbons (Fsp3) is 0.310. The minimum atomic E-state index is -0.704. The number of amides is 2. The van der Waals surface area contributed by atoms with Gasteiger partial charge in [-0.2, -0.15) is 0 Å². The van der Waals surface area contributed by atoms with Gasteiger partial charge in [-0.1, -0.05) is 67.6 Å². The first-order chi connectivity index (χ1) is 17.0. The molecule has 0 radical (unpaired) electrons. The molecule has 1 N–H and O–H groups in total. The number of carbonyl (C=O) groups is 2. The van der Waals surface area contributed by atoms with Crippen LogP contribution in [-0.2, 0) is 22.6 Å². The molecule has 184 valence electrons. The molecular weight excluding hydrogens is 440 g/mol. The molecule has 0 aliphatic rings. The Morgan fingerprint density at radius 2 is 1.51 bits per heavy atom. The van der Waals surface area contributed by atoms with E-state index in [-0.39, 0.29) is 31.0 Å². The smallest absolute Gasteiger partial charge is 0.261 e. The molecular formula is C29H34N2O4. The normalized spacial score (nSPS) is 12.3. The van der Waals surface area contributed by atoms with Crippen molar-refractivity contribution in [2.45, 2.75) is 45.3 Å². The summed E-state index contributed by atoms with van der Waals surface area (Å²) in [6, 6.07) is 25.8. The average molecular weight is 475 g/mol. The SMILES string of the molecule is CC[C@H](C)NC(=O)[C@@H](Cc1ccccc1)N(Cc1cccc(OC)c1)C(=O)COc1ccccc1. The number of nitrogens with one attached hydrogen (secondary N) is 1. The minimum Gasteiger partial charge on any atom is -0.497 e. The van der Waals surface area contributed by atoms with Crippen LogP contribution in [0.3, 0.4) is 0 Å². The number of methoxy groups -OCH3 is 1. The maximum Gasteiger partial charge on any atom is 0.261 e. The molecule has 0 bridgehead atoms. The lowest BCUT2D eigenvalue weighted by Gasteiger charge is -2.32. The van der Waals surface area contributed by atoms with Crippen LogP contribution in [0.4, 0.5) is 0 Å². The van der Waals surface area contributed by atoms with Crippen molar-refractivity contribution in [3.8, 4) is 11.5 Å². The zero-order valence-corrected chi connectivity index (χ0v) is 20.6. The second-order valence-corrected chi connectivity index (χ2v) is 8.50. The maximum atomic E-state index is 13.6. The summed E-state index contributed by atoms with van der Waals surface area (Å²) < 4.78 is 11.1. The quantitative estimate of drug-likeness (QED) is 0.416. The van der Waals surface area contributed by atoms with E-state index in [9.17, 15) is 9.59 Å². The summed E-state index contributed by atoms with van der Waals surface area (Å²) >= 11 is 0. The van der Waals surface area contributed by atoms with Crippen molar-refractivity contribution in [1.29, 1.82) is 0 Å². The summed E-state index contributed by atoms with van der Waals surface area (Å²) in [5.74, 6) is 0.848. The van der Waals surface area contributed by atoms with E-state index < -0.39 is 6.04 Å². The molecule has 0 saturated carbocycles. The van der Waals surface area contributed by atoms with Gasteiger partial charge in [0.05, 0.1) is 7.11 Å². The zero-order valence-electron chi connectivity index (χ0n) is 20.6. The molecule has 6 heteroatoms. The van der Waals surface area contributed by atoms with E-state index >= 15 is 0 Å². The van der Waals surface area contributed by atoms with Crippen LogP contribution in [-0.4, -0.2) is 42.5 Å². The Hall–Kier alpha value is -3.80. The van der Waals surface area contributed by atoms with Crippen LogP contribution in [0.25, 0.3) is 0 Å². The van der Waals surface area contributed by atoms with Gasteiger partial charge in [0.1, 0.15) is 17.5 Å². The summed E-state index contributed by atoms with van der Waals surface area (Å²) in [4.78, 5) is 28.6. The lowest BCUT2D eigenvalue weighted by molar-refractivity contribution is -0.143. The Bertz CT molecular complexity index is 1070. The standard InChI is InChI=1S/C29H34N2O4/c1-4-22(2)30-29(33)27(19-23-12-7-5-8-13-23)31(20-24-14-11-17-26(18-24)34-3)28(32)21-35-25-15-9-6-10-16-25/h5-18,22,27H,4,19-21H2,1-3H3,(H,30,33)/t22-,27+/m0/s1. The van der Waals surface area contributed by atoms with E-state index in [2.05, 4.69) is 5.32 Å². The fourth-order valence-corrected chi connectivity index (χ4v) is 3.71. The molecule has 2 amide bonds. The third-order valence-electron chi connectivity index (χ3n) is 5.86. The number of carbonyl (C=O) groups excluding carboxylic acids is 2. The van der Waals surface area contributed by atoms with Gasteiger partial charge in [-0.3, -0.25) is 9.59 Å². The van der Waals surface area contributed by atoms with Crippen LogP contribution in [0.1, 0.15) is 31.4 Å². The van der Waals surface area contributed by atoms with E-state index in [1.54, 1.807) is 24.1 Å². The molecule has 0 spiro atoms. The summed E-state index contributed by atoms with van der Waals surface area (Å²) in [6.45, 7) is 4.06. The fourth-order valence-electron chi connectivity index (χ4n) is 3.71. The van der Waals surface area contributed by atoms with Crippen LogP contribution >= 0.6 is 0 Å². The lowest BCUT2D eigenvalue weighted by Crippen LogP contribution is -2.53. The highest BCUT2D eigenvalue weighted by Crippen LogP contribution is 2.19. The Kier molecular flexibility index (Phi) is 9.72. The number of nitrogens with zero attached hydrogens (tertiary/aromatic N) is 1. The molecule has 0 aromatic heterocycles. The molecule has 0 saturated heterocycles. The number of para-hydroxylation sites is 1. The first kappa shape index (κ1) is 25.8. The number of ether oxygens (including phenoxy) is 2. The highest BCUT2D eigenvalue weighted by atomic mass is 16.5. The molecule has 35 heavy (non-hydrogen) atoms. The molecule has 0 aliphatic carbocycles. The van der Waals surface area contributed by atoms with Gasteiger partial charge in [-0.15, -0.1) is 0 Å². The molecule has 3 aromatic rings. The zero-order chi connectivity index (χ0) is 25.0. The lowest BCUT2D eigenvalue weighted by atomic mass is 10.0. The summed E-state index contributed by atoms with van der Waals surface area (Å²) in [5.41, 5.74) is 1.84. The van der Waals surface area contributed by atoms with E-state index in [1.165, 1.54) is 0 Å². The average Bonchev–Trinajstić information content (AvgIpc) is 2.90. The van der Waals surface area contributed by atoms with Gasteiger partial charge in [-0.25, -0.2) is 0 Å². The highest BCUT2D eigenvalue weighted by Gasteiger charge is 2.31. The second kappa shape index (κ2) is 13.2. The van der Waals surface area contributed by atoms with Crippen LogP contribution in [0.15, 0.2) is 84.9 Å². The van der Waals surface area contributed by atoms with E-state index in [1.807, 2.05) is 86.6 Å². The first-order valence-electron chi connectivity index (χ1n) is 11.9. The second-order valence-electron chi connectivity index (χ2n) is 8.50. The third-order valence-corrected chi connectivity index (χ3v) is 5.86. The Morgan fingerprint density at radius 3 is 2.17 bits per heavy atom. The van der Waals surface area contributed by atoms with Gasteiger partial charge in [0.15, 0.2) is 6.61 Å². The van der Waals surface area contributed by atoms with Crippen molar-refractivity contribution in [3.05, 3.63) is 96.1 Å². The number of hydrogen-bond acceptors (Lipinski definition) is 4. The molecule has 0 aliphatic heterocycles. The molecule has 2 atom stereocenters. The predicted molar refractivity (Wildman–Crippen MR) is 137 cm³/mol. The van der Waals surface area contributed by atoms with Gasteiger partial charge >= 0.3 is 0 Å². The van der Waals surface area contributed by atoms with Crippen molar-refractivity contribution in [2.24, 2.45) is 0 Å². The first-order valence-corrected chi connectivity index (χ1v) is 11.9. The number of rotatable bonds is 12. The molecule has 6 nitrogen and oxygen atoms in total. The molecule has 3 aromatic carbocycles. The van der Waals surface area contributed by atoms with E-state index in [4.69, 9.17) is 9.47 Å². The Balaban J connectivity index is 1.92. The Labute approximate surface area is 207 Å². The van der Waals surface area contributed by atoms with Crippen LogP contribution in [0.5, 0.6) is 11.5 Å². The largest absolute Gasteiger partial charge is 0.497 e. The van der Waals surface area contributed by atoms with Crippen molar-refractivity contribution in [3.63, 3.8) is 0 Å². The van der Waals surface area contributed by atoms with Crippen LogP contribution in [0.2, 0.25) is 0 Å². The van der Waals surface area contributed by atoms with Gasteiger partial charge in [0, 0.05) is 19.0 Å². The van der Waals surface area contributed by atoms with Crippen molar-refractivity contribution < 1.29 is 19.1 Å². The summed E-state index contributed by atoms with van der Waals surface area (Å²) in [6.07, 6.45) is 1.19. The number of benzene rings is 3. The highest BCUT2D eigenvalue weighted by molar-refractivity contribution is 5.88. The topological polar surface area (TPSA) is 67.9 Å². The van der Waals surface area contributed by atoms with E-state index in [0.29, 0.717) is 17.9 Å². The molecule has 0 heterocycles.